The van der Waals surface area contributed by atoms with Gasteiger partial charge < -0.3 is 20.1 Å². The maximum Gasteiger partial charge on any atom is 0.407 e. The van der Waals surface area contributed by atoms with Crippen molar-refractivity contribution in [2.24, 2.45) is 0 Å². The molecule has 1 rings (SSSR count). The second-order valence-electron chi connectivity index (χ2n) is 6.61. The van der Waals surface area contributed by atoms with E-state index in [-0.39, 0.29) is 0 Å². The number of rotatable bonds is 8. The lowest BCUT2D eigenvalue weighted by atomic mass is 10.1. The minimum absolute atomic E-state index is 0.369. The van der Waals surface area contributed by atoms with Crippen LogP contribution in [0.4, 0.5) is 4.79 Å². The molecule has 0 aliphatic carbocycles. The molecule has 5 nitrogen and oxygen atoms in total. The van der Waals surface area contributed by atoms with Gasteiger partial charge in [-0.1, -0.05) is 31.2 Å². The lowest BCUT2D eigenvalue weighted by Gasteiger charge is -2.19. The van der Waals surface area contributed by atoms with Gasteiger partial charge in [-0.15, -0.1) is 0 Å². The second kappa shape index (κ2) is 9.53. The monoisotopic (exact) mass is 322 g/mol. The van der Waals surface area contributed by atoms with Crippen LogP contribution in [0.5, 0.6) is 0 Å². The van der Waals surface area contributed by atoms with Gasteiger partial charge in [0, 0.05) is 26.2 Å². The Hall–Kier alpha value is -1.59. The van der Waals surface area contributed by atoms with E-state index in [0.717, 1.165) is 18.5 Å². The van der Waals surface area contributed by atoms with Crippen LogP contribution < -0.4 is 10.6 Å². The third-order valence-corrected chi connectivity index (χ3v) is 3.31. The van der Waals surface area contributed by atoms with Gasteiger partial charge in [0.15, 0.2) is 0 Å². The lowest BCUT2D eigenvalue weighted by molar-refractivity contribution is 0.0523. The van der Waals surface area contributed by atoms with E-state index in [1.807, 2.05) is 32.9 Å². The van der Waals surface area contributed by atoms with Crippen LogP contribution >= 0.6 is 0 Å². The van der Waals surface area contributed by atoms with Crippen LogP contribution in [-0.2, 0) is 22.6 Å². The van der Waals surface area contributed by atoms with Gasteiger partial charge in [0.05, 0.1) is 6.61 Å². The molecule has 5 heteroatoms. The van der Waals surface area contributed by atoms with Crippen molar-refractivity contribution < 1.29 is 14.3 Å². The first-order chi connectivity index (χ1) is 10.8. The van der Waals surface area contributed by atoms with Crippen LogP contribution in [0.3, 0.4) is 0 Å². The number of ether oxygens (including phenoxy) is 2. The van der Waals surface area contributed by atoms with Gasteiger partial charge in [-0.3, -0.25) is 0 Å². The van der Waals surface area contributed by atoms with Crippen molar-refractivity contribution >= 4 is 6.09 Å². The molecule has 1 aromatic rings. The Morgan fingerprint density at radius 3 is 2.17 bits per heavy atom. The Morgan fingerprint density at radius 1 is 1.13 bits per heavy atom. The number of alkyl carbamates (subject to hydrolysis) is 1. The smallest absolute Gasteiger partial charge is 0.407 e. The highest BCUT2D eigenvalue weighted by molar-refractivity contribution is 5.67. The maximum absolute atomic E-state index is 11.6. The fourth-order valence-corrected chi connectivity index (χ4v) is 2.05. The molecular weight excluding hydrogens is 292 g/mol. The minimum atomic E-state index is -0.475. The highest BCUT2D eigenvalue weighted by Gasteiger charge is 2.15. The number of methoxy groups -OCH3 is 1. The van der Waals surface area contributed by atoms with Crippen molar-refractivity contribution in [2.75, 3.05) is 13.7 Å². The van der Waals surface area contributed by atoms with Crippen molar-refractivity contribution in [3.05, 3.63) is 35.4 Å². The van der Waals surface area contributed by atoms with E-state index in [1.54, 1.807) is 7.11 Å². The molecule has 0 aromatic heterocycles. The number of hydrogen-bond donors (Lipinski definition) is 2. The summed E-state index contributed by atoms with van der Waals surface area (Å²) in [5, 5.41) is 6.23. The summed E-state index contributed by atoms with van der Waals surface area (Å²) in [5.74, 6) is 0. The molecule has 1 amide bonds. The van der Waals surface area contributed by atoms with Crippen molar-refractivity contribution in [1.29, 1.82) is 0 Å². The van der Waals surface area contributed by atoms with Crippen LogP contribution in [0.2, 0.25) is 0 Å². The summed E-state index contributed by atoms with van der Waals surface area (Å²) in [6, 6.07) is 8.54. The zero-order chi connectivity index (χ0) is 17.3. The van der Waals surface area contributed by atoms with Gasteiger partial charge in [0.25, 0.3) is 0 Å². The van der Waals surface area contributed by atoms with E-state index < -0.39 is 11.7 Å². The minimum Gasteiger partial charge on any atom is -0.444 e. The molecule has 0 spiro atoms. The molecule has 23 heavy (non-hydrogen) atoms. The van der Waals surface area contributed by atoms with Crippen LogP contribution in [-0.4, -0.2) is 31.5 Å². The quantitative estimate of drug-likeness (QED) is 0.771. The first-order valence-corrected chi connectivity index (χ1v) is 8.11. The second-order valence-corrected chi connectivity index (χ2v) is 6.61. The van der Waals surface area contributed by atoms with Gasteiger partial charge in [0.1, 0.15) is 5.60 Å². The van der Waals surface area contributed by atoms with E-state index in [0.29, 0.717) is 19.2 Å². The summed E-state index contributed by atoms with van der Waals surface area (Å²) < 4.78 is 10.4. The SMILES string of the molecule is CCC(COC)NCc1ccc(CNC(=O)OC(C)(C)C)cc1. The molecular formula is C18H30N2O3. The number of carbonyl (C=O) groups is 1. The average molecular weight is 322 g/mol. The molecule has 0 saturated heterocycles. The van der Waals surface area contributed by atoms with Crippen LogP contribution in [0.15, 0.2) is 24.3 Å². The molecule has 2 N–H and O–H groups in total. The molecule has 0 bridgehead atoms. The summed E-state index contributed by atoms with van der Waals surface area (Å²) >= 11 is 0. The summed E-state index contributed by atoms with van der Waals surface area (Å²) in [6.45, 7) is 9.67. The number of benzene rings is 1. The van der Waals surface area contributed by atoms with Crippen LogP contribution in [0, 0.1) is 0 Å². The Labute approximate surface area is 139 Å². The third-order valence-electron chi connectivity index (χ3n) is 3.31. The Bertz CT molecular complexity index is 466. The van der Waals surface area contributed by atoms with Gasteiger partial charge in [0.2, 0.25) is 0 Å². The summed E-state index contributed by atoms with van der Waals surface area (Å²) in [4.78, 5) is 11.6. The Kier molecular flexibility index (Phi) is 8.06. The molecule has 1 aromatic carbocycles. The average Bonchev–Trinajstić information content (AvgIpc) is 2.48. The van der Waals surface area contributed by atoms with E-state index in [4.69, 9.17) is 9.47 Å². The summed E-state index contributed by atoms with van der Waals surface area (Å²) in [6.07, 6.45) is 0.639. The number of nitrogens with one attached hydrogen (secondary N) is 2. The molecule has 0 radical (unpaired) electrons. The molecule has 130 valence electrons. The molecule has 1 unspecified atom stereocenters. The fraction of sp³-hybridized carbons (Fsp3) is 0.611. The molecule has 0 aliphatic heterocycles. The van der Waals surface area contributed by atoms with E-state index in [9.17, 15) is 4.79 Å². The lowest BCUT2D eigenvalue weighted by Crippen LogP contribution is -2.32. The number of hydrogen-bond acceptors (Lipinski definition) is 4. The van der Waals surface area contributed by atoms with Crippen LogP contribution in [0.25, 0.3) is 0 Å². The van der Waals surface area contributed by atoms with Gasteiger partial charge in [-0.2, -0.15) is 0 Å². The predicted octanol–water partition coefficient (Wildman–Crippen LogP) is 3.23. The normalized spacial score (nSPS) is 12.7. The van der Waals surface area contributed by atoms with Crippen molar-refractivity contribution in [3.63, 3.8) is 0 Å². The molecule has 0 heterocycles. The zero-order valence-corrected chi connectivity index (χ0v) is 14.9. The highest BCUT2D eigenvalue weighted by Crippen LogP contribution is 2.08. The summed E-state index contributed by atoms with van der Waals surface area (Å²) in [5.41, 5.74) is 1.78. The fourth-order valence-electron chi connectivity index (χ4n) is 2.05. The standard InChI is InChI=1S/C18H30N2O3/c1-6-16(13-22-5)19-11-14-7-9-15(10-8-14)12-20-17(21)23-18(2,3)4/h7-10,16,19H,6,11-13H2,1-5H3,(H,20,21). The Morgan fingerprint density at radius 2 is 1.70 bits per heavy atom. The van der Waals surface area contributed by atoms with Crippen molar-refractivity contribution in [1.82, 2.24) is 10.6 Å². The Balaban J connectivity index is 2.40. The number of carbonyl (C=O) groups excluding carboxylic acids is 1. The summed E-state index contributed by atoms with van der Waals surface area (Å²) in [7, 11) is 1.72. The van der Waals surface area contributed by atoms with Crippen molar-refractivity contribution in [2.45, 2.75) is 58.8 Å². The third kappa shape index (κ3) is 8.57. The first-order valence-electron chi connectivity index (χ1n) is 8.11. The maximum atomic E-state index is 11.6. The van der Waals surface area contributed by atoms with E-state index >= 15 is 0 Å². The first kappa shape index (κ1) is 19.5. The van der Waals surface area contributed by atoms with Gasteiger partial charge >= 0.3 is 6.09 Å². The molecule has 0 saturated carbocycles. The van der Waals surface area contributed by atoms with E-state index in [1.165, 1.54) is 5.56 Å². The van der Waals surface area contributed by atoms with Crippen molar-refractivity contribution in [3.8, 4) is 0 Å². The molecule has 0 aliphatic rings. The topological polar surface area (TPSA) is 59.6 Å². The molecule has 1 atom stereocenters. The highest BCUT2D eigenvalue weighted by atomic mass is 16.6. The predicted molar refractivity (Wildman–Crippen MR) is 92.3 cm³/mol. The largest absolute Gasteiger partial charge is 0.444 e. The van der Waals surface area contributed by atoms with E-state index in [2.05, 4.69) is 29.7 Å². The zero-order valence-electron chi connectivity index (χ0n) is 14.9. The molecule has 0 fully saturated rings. The van der Waals surface area contributed by atoms with Crippen LogP contribution in [0.1, 0.15) is 45.2 Å². The number of amides is 1. The van der Waals surface area contributed by atoms with Gasteiger partial charge in [-0.25, -0.2) is 4.79 Å². The van der Waals surface area contributed by atoms with Gasteiger partial charge in [-0.05, 0) is 38.3 Å².